The van der Waals surface area contributed by atoms with Crippen molar-refractivity contribution in [3.05, 3.63) is 17.5 Å². The molecular weight excluding hydrogens is 326 g/mol. The lowest BCUT2D eigenvalue weighted by Crippen LogP contribution is -2.14. The van der Waals surface area contributed by atoms with Crippen LogP contribution in [0.2, 0.25) is 0 Å². The smallest absolute Gasteiger partial charge is 0.313 e. The van der Waals surface area contributed by atoms with E-state index in [2.05, 4.69) is 27.9 Å². The third-order valence-electron chi connectivity index (χ3n) is 2.93. The van der Waals surface area contributed by atoms with E-state index in [1.165, 1.54) is 11.8 Å². The van der Waals surface area contributed by atoms with Crippen molar-refractivity contribution in [2.24, 2.45) is 0 Å². The number of carbonyl (C=O) groups is 1. The molecule has 2 rings (SSSR count). The van der Waals surface area contributed by atoms with Crippen LogP contribution in [0.4, 0.5) is 0 Å². The fourth-order valence-electron chi connectivity index (χ4n) is 1.97. The Balaban J connectivity index is 2.39. The van der Waals surface area contributed by atoms with Crippen LogP contribution in [0.15, 0.2) is 22.7 Å². The van der Waals surface area contributed by atoms with Crippen LogP contribution in [-0.4, -0.2) is 43.6 Å². The van der Waals surface area contributed by atoms with Gasteiger partial charge in [0, 0.05) is 11.8 Å². The highest BCUT2D eigenvalue weighted by atomic mass is 32.2. The van der Waals surface area contributed by atoms with Gasteiger partial charge in [-0.05, 0) is 24.1 Å². The minimum Gasteiger partial charge on any atom is -0.481 e. The van der Waals surface area contributed by atoms with Gasteiger partial charge < -0.3 is 5.11 Å². The molecule has 0 aliphatic rings. The van der Waals surface area contributed by atoms with Crippen LogP contribution in [0, 0.1) is 0 Å². The molecule has 0 aliphatic heterocycles. The largest absolute Gasteiger partial charge is 0.481 e. The van der Waals surface area contributed by atoms with Crippen molar-refractivity contribution >= 4 is 40.8 Å². The highest BCUT2D eigenvalue weighted by Crippen LogP contribution is 2.32. The van der Waals surface area contributed by atoms with Crippen molar-refractivity contribution in [2.75, 3.05) is 17.8 Å². The molecule has 114 valence electrons. The summed E-state index contributed by atoms with van der Waals surface area (Å²) in [6.07, 6.45) is 3.03. The van der Waals surface area contributed by atoms with Gasteiger partial charge in [0.05, 0.1) is 10.6 Å². The first kappa shape index (κ1) is 16.4. The zero-order valence-corrected chi connectivity index (χ0v) is 14.3. The molecule has 2 aromatic rings. The minimum atomic E-state index is -0.842. The number of thioether (sulfide) groups is 2. The number of thiophene rings is 1. The Bertz CT molecular complexity index is 584. The van der Waals surface area contributed by atoms with E-state index >= 15 is 0 Å². The normalized spacial score (nSPS) is 12.5. The first-order valence-electron chi connectivity index (χ1n) is 6.49. The summed E-state index contributed by atoms with van der Waals surface area (Å²) in [5.41, 5.74) is 0. The second kappa shape index (κ2) is 7.86. The lowest BCUT2D eigenvalue weighted by atomic mass is 10.2. The van der Waals surface area contributed by atoms with Crippen molar-refractivity contribution in [1.29, 1.82) is 0 Å². The zero-order chi connectivity index (χ0) is 15.2. The van der Waals surface area contributed by atoms with E-state index in [9.17, 15) is 4.79 Å². The fraction of sp³-hybridized carbons (Fsp3) is 0.462. The Hall–Kier alpha value is -0.990. The van der Waals surface area contributed by atoms with Crippen LogP contribution in [0.3, 0.4) is 0 Å². The summed E-state index contributed by atoms with van der Waals surface area (Å²) in [5, 5.41) is 20.1. The molecule has 0 radical (unpaired) electrons. The number of hydrogen-bond donors (Lipinski definition) is 1. The predicted molar refractivity (Wildman–Crippen MR) is 89.4 cm³/mol. The maximum absolute atomic E-state index is 10.8. The summed E-state index contributed by atoms with van der Waals surface area (Å²) < 4.78 is 2.09. The maximum atomic E-state index is 10.8. The van der Waals surface area contributed by atoms with Crippen molar-refractivity contribution in [1.82, 2.24) is 14.8 Å². The number of rotatable bonds is 8. The van der Waals surface area contributed by atoms with E-state index in [0.717, 1.165) is 22.9 Å². The Labute approximate surface area is 136 Å². The molecule has 0 amide bonds. The van der Waals surface area contributed by atoms with Crippen molar-refractivity contribution < 1.29 is 9.90 Å². The van der Waals surface area contributed by atoms with Crippen LogP contribution in [0.25, 0.3) is 10.7 Å². The third kappa shape index (κ3) is 4.02. The summed E-state index contributed by atoms with van der Waals surface area (Å²) >= 11 is 4.62. The van der Waals surface area contributed by atoms with E-state index in [4.69, 9.17) is 5.11 Å². The van der Waals surface area contributed by atoms with Gasteiger partial charge >= 0.3 is 5.97 Å². The van der Waals surface area contributed by atoms with Crippen LogP contribution in [-0.2, 0) is 4.79 Å². The quantitative estimate of drug-likeness (QED) is 0.740. The number of carboxylic acid groups (broad SMARTS) is 1. The third-order valence-corrected chi connectivity index (χ3v) is 5.44. The molecule has 2 heterocycles. The summed E-state index contributed by atoms with van der Waals surface area (Å²) in [5.74, 6) is 0.940. The molecule has 0 spiro atoms. The van der Waals surface area contributed by atoms with Crippen LogP contribution in [0.5, 0.6) is 0 Å². The van der Waals surface area contributed by atoms with Gasteiger partial charge in [0.2, 0.25) is 0 Å². The molecule has 0 saturated carbocycles. The zero-order valence-electron chi connectivity index (χ0n) is 11.9. The molecule has 1 unspecified atom stereocenters. The second-order valence-electron chi connectivity index (χ2n) is 4.35. The molecular formula is C13H17N3O2S3. The lowest BCUT2D eigenvalue weighted by molar-refractivity contribution is -0.133. The Morgan fingerprint density at radius 3 is 2.90 bits per heavy atom. The number of carboxylic acids is 1. The predicted octanol–water partition coefficient (Wildman–Crippen LogP) is 3.50. The Kier molecular flexibility index (Phi) is 6.13. The van der Waals surface area contributed by atoms with Gasteiger partial charge in [0.1, 0.15) is 0 Å². The summed E-state index contributed by atoms with van der Waals surface area (Å²) in [6, 6.07) is 4.27. The Morgan fingerprint density at radius 1 is 1.52 bits per heavy atom. The van der Waals surface area contributed by atoms with E-state index in [0.29, 0.717) is 5.16 Å². The minimum absolute atomic E-state index is 0.00171. The average molecular weight is 343 g/mol. The van der Waals surface area contributed by atoms with Gasteiger partial charge in [0.15, 0.2) is 11.0 Å². The molecule has 2 aromatic heterocycles. The van der Waals surface area contributed by atoms with Crippen LogP contribution in [0.1, 0.15) is 19.4 Å². The number of hydrogen-bond acceptors (Lipinski definition) is 6. The highest BCUT2D eigenvalue weighted by Gasteiger charge is 2.21. The average Bonchev–Trinajstić information content (AvgIpc) is 3.11. The number of aliphatic carboxylic acids is 1. The Morgan fingerprint density at radius 2 is 2.33 bits per heavy atom. The first-order valence-corrected chi connectivity index (χ1v) is 9.75. The number of aromatic nitrogens is 3. The second-order valence-corrected chi connectivity index (χ2v) is 7.15. The lowest BCUT2D eigenvalue weighted by Gasteiger charge is -2.19. The SMILES string of the molecule is CCC(CSC)n1c(SCC(=O)O)nnc1-c1cccs1. The highest BCUT2D eigenvalue weighted by molar-refractivity contribution is 7.99. The van der Waals surface area contributed by atoms with Gasteiger partial charge in [0.25, 0.3) is 0 Å². The van der Waals surface area contributed by atoms with Crippen molar-refractivity contribution in [3.8, 4) is 10.7 Å². The van der Waals surface area contributed by atoms with Crippen LogP contribution < -0.4 is 0 Å². The van der Waals surface area contributed by atoms with E-state index in [-0.39, 0.29) is 11.8 Å². The fourth-order valence-corrected chi connectivity index (χ4v) is 4.17. The molecule has 0 saturated heterocycles. The summed E-state index contributed by atoms with van der Waals surface area (Å²) in [4.78, 5) is 11.9. The standard InChI is InChI=1S/C13H17N3O2S3/c1-3-9(7-19-2)16-12(10-5-4-6-20-10)14-15-13(16)21-8-11(17)18/h4-6,9H,3,7-8H2,1-2H3,(H,17,18). The first-order chi connectivity index (χ1) is 10.2. The molecule has 1 atom stereocenters. The molecule has 1 N–H and O–H groups in total. The number of nitrogens with zero attached hydrogens (tertiary/aromatic N) is 3. The van der Waals surface area contributed by atoms with Gasteiger partial charge in [-0.2, -0.15) is 11.8 Å². The van der Waals surface area contributed by atoms with E-state index in [1.807, 2.05) is 17.5 Å². The van der Waals surface area contributed by atoms with Crippen molar-refractivity contribution in [2.45, 2.75) is 24.5 Å². The van der Waals surface area contributed by atoms with Gasteiger partial charge in [-0.3, -0.25) is 9.36 Å². The van der Waals surface area contributed by atoms with Gasteiger partial charge in [-0.1, -0.05) is 24.8 Å². The van der Waals surface area contributed by atoms with E-state index < -0.39 is 5.97 Å². The molecule has 0 aliphatic carbocycles. The molecule has 0 aromatic carbocycles. The molecule has 21 heavy (non-hydrogen) atoms. The maximum Gasteiger partial charge on any atom is 0.313 e. The monoisotopic (exact) mass is 343 g/mol. The topological polar surface area (TPSA) is 68.0 Å². The molecule has 5 nitrogen and oxygen atoms in total. The summed E-state index contributed by atoms with van der Waals surface area (Å²) in [7, 11) is 0. The van der Waals surface area contributed by atoms with Crippen molar-refractivity contribution in [3.63, 3.8) is 0 Å². The van der Waals surface area contributed by atoms with Crippen LogP contribution >= 0.6 is 34.9 Å². The molecule has 0 fully saturated rings. The molecule has 8 heteroatoms. The molecule has 0 bridgehead atoms. The van der Waals surface area contributed by atoms with E-state index in [1.54, 1.807) is 23.1 Å². The van der Waals surface area contributed by atoms with Gasteiger partial charge in [-0.25, -0.2) is 0 Å². The van der Waals surface area contributed by atoms with Gasteiger partial charge in [-0.15, -0.1) is 21.5 Å². The summed E-state index contributed by atoms with van der Waals surface area (Å²) in [6.45, 7) is 2.13.